The van der Waals surface area contributed by atoms with Gasteiger partial charge in [-0.05, 0) is 40.2 Å². The molecule has 0 radical (unpaired) electrons. The summed E-state index contributed by atoms with van der Waals surface area (Å²) >= 11 is 3.19. The number of nitrogens with zero attached hydrogens (tertiary/aromatic N) is 3. The molecule has 4 rings (SSSR count). The lowest BCUT2D eigenvalue weighted by Gasteiger charge is -2.17. The van der Waals surface area contributed by atoms with Crippen molar-refractivity contribution in [1.82, 2.24) is 15.2 Å². The van der Waals surface area contributed by atoms with E-state index in [0.29, 0.717) is 11.5 Å². The third-order valence-electron chi connectivity index (χ3n) is 5.12. The molecule has 4 aromatic rings. The van der Waals surface area contributed by atoms with Gasteiger partial charge in [0.1, 0.15) is 17.1 Å². The lowest BCUT2D eigenvalue weighted by Crippen LogP contribution is -2.17. The molecule has 8 nitrogen and oxygen atoms in total. The van der Waals surface area contributed by atoms with E-state index in [4.69, 9.17) is 19.3 Å². The number of carbonyl (C=O) groups excluding carboxylic acids is 1. The molecule has 0 aliphatic heterocycles. The van der Waals surface area contributed by atoms with E-state index in [9.17, 15) is 26.7 Å². The Kier molecular flexibility index (Phi) is 7.30. The maximum atomic E-state index is 14.9. The number of oxazole rings is 1. The van der Waals surface area contributed by atoms with Crippen LogP contribution in [0, 0.1) is 18.6 Å². The molecule has 2 aromatic carbocycles. The summed E-state index contributed by atoms with van der Waals surface area (Å²) in [6.07, 6.45) is -5.47. The molecule has 2 aromatic heterocycles. The minimum Gasteiger partial charge on any atom is -0.478 e. The van der Waals surface area contributed by atoms with Crippen molar-refractivity contribution in [3.63, 3.8) is 0 Å². The maximum Gasteiger partial charge on any atom is 0.416 e. The van der Waals surface area contributed by atoms with Gasteiger partial charge in [-0.3, -0.25) is 4.79 Å². The van der Waals surface area contributed by atoms with Crippen molar-refractivity contribution >= 4 is 21.8 Å². The third kappa shape index (κ3) is 5.79. The van der Waals surface area contributed by atoms with Crippen molar-refractivity contribution in [1.29, 1.82) is 0 Å². The predicted molar refractivity (Wildman–Crippen MR) is 120 cm³/mol. The van der Waals surface area contributed by atoms with Crippen molar-refractivity contribution in [2.45, 2.75) is 32.0 Å². The first-order chi connectivity index (χ1) is 17.4. The van der Waals surface area contributed by atoms with E-state index in [1.807, 2.05) is 0 Å². The third-order valence-corrected chi connectivity index (χ3v) is 5.66. The Morgan fingerprint density at radius 3 is 2.41 bits per heavy atom. The van der Waals surface area contributed by atoms with Crippen LogP contribution in [0.2, 0.25) is 0 Å². The Bertz CT molecular complexity index is 1440. The Morgan fingerprint density at radius 1 is 1.11 bits per heavy atom. The average molecular weight is 587 g/mol. The number of aryl methyl sites for hydroxylation is 2. The SMILES string of the molecule is Cc1nnc(CCC(Oc2ccc(F)c(C(N)=O)c2F)c2nc(-c3ccc(C(F)(F)F)cc3)c(Br)o2)o1. The molecular weight excluding hydrogens is 571 g/mol. The summed E-state index contributed by atoms with van der Waals surface area (Å²) in [4.78, 5) is 15.8. The Labute approximate surface area is 213 Å². The van der Waals surface area contributed by atoms with E-state index in [1.54, 1.807) is 6.92 Å². The van der Waals surface area contributed by atoms with Gasteiger partial charge in [-0.25, -0.2) is 13.8 Å². The molecule has 0 aliphatic carbocycles. The van der Waals surface area contributed by atoms with Crippen molar-refractivity contribution in [2.24, 2.45) is 5.73 Å². The van der Waals surface area contributed by atoms with Crippen molar-refractivity contribution in [2.75, 3.05) is 0 Å². The molecule has 37 heavy (non-hydrogen) atoms. The summed E-state index contributed by atoms with van der Waals surface area (Å²) in [7, 11) is 0. The zero-order chi connectivity index (χ0) is 26.9. The van der Waals surface area contributed by atoms with Crippen LogP contribution in [-0.4, -0.2) is 21.1 Å². The van der Waals surface area contributed by atoms with Gasteiger partial charge in [-0.2, -0.15) is 13.2 Å². The number of benzene rings is 2. The van der Waals surface area contributed by atoms with Gasteiger partial charge in [-0.15, -0.1) is 10.2 Å². The van der Waals surface area contributed by atoms with Gasteiger partial charge in [0.25, 0.3) is 5.91 Å². The maximum absolute atomic E-state index is 14.9. The lowest BCUT2D eigenvalue weighted by molar-refractivity contribution is -0.137. The number of hydrogen-bond donors (Lipinski definition) is 1. The predicted octanol–water partition coefficient (Wildman–Crippen LogP) is 5.94. The van der Waals surface area contributed by atoms with E-state index in [1.165, 1.54) is 12.1 Å². The van der Waals surface area contributed by atoms with Crippen LogP contribution in [-0.2, 0) is 12.6 Å². The zero-order valence-electron chi connectivity index (χ0n) is 18.8. The van der Waals surface area contributed by atoms with E-state index in [-0.39, 0.29) is 35.0 Å². The molecule has 0 saturated heterocycles. The van der Waals surface area contributed by atoms with Crippen molar-refractivity contribution in [3.8, 4) is 17.0 Å². The highest BCUT2D eigenvalue weighted by Gasteiger charge is 2.31. The second-order valence-electron chi connectivity index (χ2n) is 7.71. The quantitative estimate of drug-likeness (QED) is 0.254. The molecule has 194 valence electrons. The van der Waals surface area contributed by atoms with Crippen LogP contribution in [0.3, 0.4) is 0 Å². The van der Waals surface area contributed by atoms with E-state index >= 15 is 0 Å². The highest BCUT2D eigenvalue weighted by molar-refractivity contribution is 9.10. The fraction of sp³-hybridized carbons (Fsp3) is 0.217. The molecule has 1 unspecified atom stereocenters. The molecule has 2 heterocycles. The fourth-order valence-electron chi connectivity index (χ4n) is 3.38. The number of ether oxygens (including phenoxy) is 1. The zero-order valence-corrected chi connectivity index (χ0v) is 20.4. The monoisotopic (exact) mass is 586 g/mol. The number of alkyl halides is 3. The van der Waals surface area contributed by atoms with Crippen molar-refractivity contribution < 1.29 is 40.3 Å². The Morgan fingerprint density at radius 2 is 1.81 bits per heavy atom. The molecule has 2 N–H and O–H groups in total. The number of nitrogens with two attached hydrogens (primary N) is 1. The summed E-state index contributed by atoms with van der Waals surface area (Å²) in [6.45, 7) is 1.59. The molecule has 0 aliphatic rings. The Balaban J connectivity index is 1.68. The number of hydrogen-bond acceptors (Lipinski definition) is 7. The van der Waals surface area contributed by atoms with Crippen LogP contribution in [0.1, 0.15) is 46.1 Å². The summed E-state index contributed by atoms with van der Waals surface area (Å²) in [5, 5.41) is 7.60. The minimum absolute atomic E-state index is 0.0454. The number of primary amides is 1. The van der Waals surface area contributed by atoms with Crippen LogP contribution >= 0.6 is 15.9 Å². The van der Waals surface area contributed by atoms with Gasteiger partial charge in [0, 0.05) is 25.3 Å². The fourth-order valence-corrected chi connectivity index (χ4v) is 3.86. The normalized spacial score (nSPS) is 12.5. The molecule has 0 saturated carbocycles. The number of halogens is 6. The highest BCUT2D eigenvalue weighted by atomic mass is 79.9. The first kappa shape index (κ1) is 26.3. The highest BCUT2D eigenvalue weighted by Crippen LogP contribution is 2.36. The van der Waals surface area contributed by atoms with Crippen LogP contribution < -0.4 is 10.5 Å². The molecular formula is C23H16BrF5N4O4. The average Bonchev–Trinajstić information content (AvgIpc) is 3.42. The first-order valence-corrected chi connectivity index (χ1v) is 11.3. The first-order valence-electron chi connectivity index (χ1n) is 10.5. The van der Waals surface area contributed by atoms with E-state index < -0.39 is 46.7 Å². The number of aromatic nitrogens is 3. The molecule has 1 amide bonds. The molecule has 1 atom stereocenters. The van der Waals surface area contributed by atoms with Gasteiger partial charge in [0.2, 0.25) is 17.7 Å². The largest absolute Gasteiger partial charge is 0.478 e. The molecule has 0 fully saturated rings. The molecule has 0 spiro atoms. The van der Waals surface area contributed by atoms with Crippen molar-refractivity contribution in [3.05, 3.63) is 81.5 Å². The van der Waals surface area contributed by atoms with Crippen LogP contribution in [0.25, 0.3) is 11.3 Å². The standard InChI is InChI=1S/C23H16BrF5N4O4/c1-10-32-33-16(35-10)9-8-15(36-14-7-6-13(25)17(18(14)26)21(30)34)22-31-19(20(24)37-22)11-2-4-12(5-3-11)23(27,28)29/h2-7,15H,8-9H2,1H3,(H2,30,34). The Hall–Kier alpha value is -3.81. The second kappa shape index (κ2) is 10.3. The molecule has 0 bridgehead atoms. The van der Waals surface area contributed by atoms with Gasteiger partial charge in [0.15, 0.2) is 22.3 Å². The number of amides is 1. The van der Waals surface area contributed by atoms with Gasteiger partial charge in [0.05, 0.1) is 5.56 Å². The van der Waals surface area contributed by atoms with E-state index in [0.717, 1.165) is 24.3 Å². The van der Waals surface area contributed by atoms with Crippen LogP contribution in [0.15, 0.2) is 49.9 Å². The summed E-state index contributed by atoms with van der Waals surface area (Å²) < 4.78 is 84.3. The summed E-state index contributed by atoms with van der Waals surface area (Å²) in [6, 6.07) is 5.99. The second-order valence-corrected chi connectivity index (χ2v) is 8.43. The number of rotatable bonds is 8. The van der Waals surface area contributed by atoms with Crippen LogP contribution in [0.4, 0.5) is 22.0 Å². The van der Waals surface area contributed by atoms with Crippen LogP contribution in [0.5, 0.6) is 5.75 Å². The van der Waals surface area contributed by atoms with Gasteiger partial charge >= 0.3 is 6.18 Å². The minimum atomic E-state index is -4.51. The molecule has 14 heteroatoms. The van der Waals surface area contributed by atoms with E-state index in [2.05, 4.69) is 31.1 Å². The topological polar surface area (TPSA) is 117 Å². The number of carbonyl (C=O) groups is 1. The smallest absolute Gasteiger partial charge is 0.416 e. The lowest BCUT2D eigenvalue weighted by atomic mass is 10.1. The van der Waals surface area contributed by atoms with Gasteiger partial charge < -0.3 is 19.3 Å². The summed E-state index contributed by atoms with van der Waals surface area (Å²) in [5.74, 6) is -3.88. The summed E-state index contributed by atoms with van der Waals surface area (Å²) in [5.41, 5.74) is 3.70. The van der Waals surface area contributed by atoms with Gasteiger partial charge in [-0.1, -0.05) is 12.1 Å².